The highest BCUT2D eigenvalue weighted by molar-refractivity contribution is 4.89. The molecule has 0 radical (unpaired) electrons. The molecular weight excluding hydrogens is 178 g/mol. The van der Waals surface area contributed by atoms with E-state index in [0.29, 0.717) is 12.5 Å². The average Bonchev–Trinajstić information content (AvgIpc) is 2.64. The monoisotopic (exact) mass is 197 g/mol. The van der Waals surface area contributed by atoms with Gasteiger partial charge in [0.15, 0.2) is 0 Å². The van der Waals surface area contributed by atoms with Gasteiger partial charge in [-0.2, -0.15) is 0 Å². The molecule has 80 valence electrons. The molecular formula is C11H19NO2. The number of ether oxygens (including phenoxy) is 1. The number of rotatable bonds is 3. The molecule has 0 spiro atoms. The smallest absolute Gasteiger partial charge is 0.0964 e. The fraction of sp³-hybridized carbons (Fsp3) is 0.818. The summed E-state index contributed by atoms with van der Waals surface area (Å²) in [6, 6.07) is 0.613. The lowest BCUT2D eigenvalue weighted by molar-refractivity contribution is -0.101. The topological polar surface area (TPSA) is 32.7 Å². The van der Waals surface area contributed by atoms with Gasteiger partial charge in [0.25, 0.3) is 0 Å². The van der Waals surface area contributed by atoms with Gasteiger partial charge in [0.2, 0.25) is 0 Å². The lowest BCUT2D eigenvalue weighted by Crippen LogP contribution is -2.50. The first-order valence-electron chi connectivity index (χ1n) is 5.46. The van der Waals surface area contributed by atoms with Crippen LogP contribution in [0.3, 0.4) is 0 Å². The van der Waals surface area contributed by atoms with E-state index < -0.39 is 0 Å². The van der Waals surface area contributed by atoms with Crippen molar-refractivity contribution in [3.8, 4) is 0 Å². The van der Waals surface area contributed by atoms with Gasteiger partial charge >= 0.3 is 0 Å². The Hall–Kier alpha value is -0.380. The Balaban J connectivity index is 1.87. The summed E-state index contributed by atoms with van der Waals surface area (Å²) in [6.07, 6.45) is 4.52. The van der Waals surface area contributed by atoms with Crippen LogP contribution in [-0.2, 0) is 4.74 Å². The molecule has 2 heterocycles. The van der Waals surface area contributed by atoms with Crippen molar-refractivity contribution in [2.24, 2.45) is 0 Å². The second kappa shape index (κ2) is 4.43. The summed E-state index contributed by atoms with van der Waals surface area (Å²) in [5, 5.41) is 9.77. The van der Waals surface area contributed by atoms with Crippen molar-refractivity contribution < 1.29 is 9.84 Å². The summed E-state index contributed by atoms with van der Waals surface area (Å²) < 4.78 is 5.67. The van der Waals surface area contributed by atoms with Gasteiger partial charge in [-0.15, -0.1) is 6.58 Å². The Bertz CT molecular complexity index is 207. The summed E-state index contributed by atoms with van der Waals surface area (Å²) in [5.74, 6) is 0. The molecule has 3 unspecified atom stereocenters. The molecule has 1 N–H and O–H groups in total. The minimum absolute atomic E-state index is 0.0117. The molecule has 3 nitrogen and oxygen atoms in total. The average molecular weight is 197 g/mol. The van der Waals surface area contributed by atoms with Crippen LogP contribution in [0.5, 0.6) is 0 Å². The summed E-state index contributed by atoms with van der Waals surface area (Å²) in [5.41, 5.74) is 0. The van der Waals surface area contributed by atoms with Gasteiger partial charge in [-0.3, -0.25) is 4.90 Å². The molecule has 2 fully saturated rings. The lowest BCUT2D eigenvalue weighted by Gasteiger charge is -2.37. The van der Waals surface area contributed by atoms with Crippen LogP contribution in [0.15, 0.2) is 12.7 Å². The lowest BCUT2D eigenvalue weighted by atomic mass is 10.1. The molecule has 2 rings (SSSR count). The molecule has 0 aromatic carbocycles. The van der Waals surface area contributed by atoms with Crippen LogP contribution in [-0.4, -0.2) is 48.0 Å². The summed E-state index contributed by atoms with van der Waals surface area (Å²) in [6.45, 7) is 6.48. The maximum Gasteiger partial charge on any atom is 0.0964 e. The van der Waals surface area contributed by atoms with Crippen molar-refractivity contribution >= 4 is 0 Å². The van der Waals surface area contributed by atoms with Gasteiger partial charge in [0, 0.05) is 12.6 Å². The minimum atomic E-state index is -0.381. The molecule has 0 amide bonds. The van der Waals surface area contributed by atoms with Gasteiger partial charge in [0.05, 0.1) is 18.8 Å². The second-order valence-electron chi connectivity index (χ2n) is 4.25. The van der Waals surface area contributed by atoms with Crippen LogP contribution < -0.4 is 0 Å². The van der Waals surface area contributed by atoms with Gasteiger partial charge in [0.1, 0.15) is 0 Å². The Morgan fingerprint density at radius 1 is 1.64 bits per heavy atom. The molecule has 2 aliphatic rings. The second-order valence-corrected chi connectivity index (χ2v) is 4.25. The molecule has 0 saturated carbocycles. The van der Waals surface area contributed by atoms with Crippen molar-refractivity contribution in [1.29, 1.82) is 0 Å². The first-order chi connectivity index (χ1) is 6.81. The van der Waals surface area contributed by atoms with Gasteiger partial charge in [-0.1, -0.05) is 6.08 Å². The van der Waals surface area contributed by atoms with Crippen LogP contribution in [0.2, 0.25) is 0 Å². The van der Waals surface area contributed by atoms with Crippen molar-refractivity contribution in [1.82, 2.24) is 4.90 Å². The Morgan fingerprint density at radius 3 is 3.29 bits per heavy atom. The highest BCUT2D eigenvalue weighted by Gasteiger charge is 2.34. The zero-order valence-corrected chi connectivity index (χ0v) is 8.56. The Kier molecular flexibility index (Phi) is 3.21. The van der Waals surface area contributed by atoms with E-state index in [2.05, 4.69) is 11.5 Å². The predicted octanol–water partition coefficient (Wildman–Crippen LogP) is 0.787. The highest BCUT2D eigenvalue weighted by atomic mass is 16.5. The van der Waals surface area contributed by atoms with Crippen LogP contribution in [0.25, 0.3) is 0 Å². The van der Waals surface area contributed by atoms with E-state index in [-0.39, 0.29) is 12.2 Å². The van der Waals surface area contributed by atoms with E-state index in [1.165, 1.54) is 19.4 Å². The van der Waals surface area contributed by atoms with Gasteiger partial charge < -0.3 is 9.84 Å². The molecule has 14 heavy (non-hydrogen) atoms. The van der Waals surface area contributed by atoms with Crippen LogP contribution >= 0.6 is 0 Å². The molecule has 0 bridgehead atoms. The Morgan fingerprint density at radius 2 is 2.50 bits per heavy atom. The third-order valence-corrected chi connectivity index (χ3v) is 3.25. The van der Waals surface area contributed by atoms with E-state index in [1.807, 2.05) is 0 Å². The first-order valence-corrected chi connectivity index (χ1v) is 5.46. The maximum atomic E-state index is 9.77. The largest absolute Gasteiger partial charge is 0.390 e. The molecule has 0 aliphatic carbocycles. The molecule has 0 aromatic heterocycles. The fourth-order valence-corrected chi connectivity index (χ4v) is 2.40. The highest BCUT2D eigenvalue weighted by Crippen LogP contribution is 2.24. The van der Waals surface area contributed by atoms with Crippen molar-refractivity contribution in [3.05, 3.63) is 12.7 Å². The third kappa shape index (κ3) is 2.00. The van der Waals surface area contributed by atoms with Crippen molar-refractivity contribution in [2.45, 2.75) is 37.5 Å². The Labute approximate surface area is 85.4 Å². The number of aliphatic hydroxyl groups is 1. The third-order valence-electron chi connectivity index (χ3n) is 3.25. The van der Waals surface area contributed by atoms with Crippen molar-refractivity contribution in [2.75, 3.05) is 19.7 Å². The van der Waals surface area contributed by atoms with Crippen molar-refractivity contribution in [3.63, 3.8) is 0 Å². The quantitative estimate of drug-likeness (QED) is 0.679. The van der Waals surface area contributed by atoms with Crippen LogP contribution in [0.1, 0.15) is 19.3 Å². The minimum Gasteiger partial charge on any atom is -0.390 e. The molecule has 0 aromatic rings. The molecule has 2 aliphatic heterocycles. The standard InChI is InChI=1S/C11H19NO2/c1-2-4-10(13)11-7-12-6-3-5-9(12)8-14-11/h2,9-11,13H,1,3-8H2. The van der Waals surface area contributed by atoms with Crippen LogP contribution in [0.4, 0.5) is 0 Å². The van der Waals surface area contributed by atoms with E-state index in [1.54, 1.807) is 6.08 Å². The first kappa shape index (κ1) is 10.1. The normalized spacial score (nSPS) is 35.2. The number of morpholine rings is 1. The number of nitrogens with zero attached hydrogens (tertiary/aromatic N) is 1. The molecule has 2 saturated heterocycles. The fourth-order valence-electron chi connectivity index (χ4n) is 2.40. The zero-order valence-electron chi connectivity index (χ0n) is 8.56. The molecule has 3 atom stereocenters. The van der Waals surface area contributed by atoms with E-state index in [9.17, 15) is 5.11 Å². The summed E-state index contributed by atoms with van der Waals surface area (Å²) >= 11 is 0. The summed E-state index contributed by atoms with van der Waals surface area (Å²) in [7, 11) is 0. The number of hydrogen-bond acceptors (Lipinski definition) is 3. The maximum absolute atomic E-state index is 9.77. The number of aliphatic hydroxyl groups excluding tert-OH is 1. The SMILES string of the molecule is C=CCC(O)C1CN2CCCC2CO1. The number of hydrogen-bond donors (Lipinski definition) is 1. The predicted molar refractivity (Wildman–Crippen MR) is 55.2 cm³/mol. The van der Waals surface area contributed by atoms with E-state index in [0.717, 1.165) is 13.2 Å². The number of fused-ring (bicyclic) bond motifs is 1. The van der Waals surface area contributed by atoms with E-state index in [4.69, 9.17) is 4.74 Å². The summed E-state index contributed by atoms with van der Waals surface area (Å²) in [4.78, 5) is 2.44. The van der Waals surface area contributed by atoms with E-state index >= 15 is 0 Å². The molecule has 3 heteroatoms. The zero-order chi connectivity index (χ0) is 9.97. The van der Waals surface area contributed by atoms with Crippen LogP contribution in [0, 0.1) is 0 Å². The van der Waals surface area contributed by atoms with Gasteiger partial charge in [-0.25, -0.2) is 0 Å². The van der Waals surface area contributed by atoms with Gasteiger partial charge in [-0.05, 0) is 25.8 Å².